The number of hydrogen-bond donors (Lipinski definition) is 4. The van der Waals surface area contributed by atoms with E-state index in [1.807, 2.05) is 0 Å². The van der Waals surface area contributed by atoms with Gasteiger partial charge in [0.25, 0.3) is 0 Å². The Morgan fingerprint density at radius 2 is 1.62 bits per heavy atom. The van der Waals surface area contributed by atoms with Crippen molar-refractivity contribution in [1.82, 2.24) is 19.8 Å². The number of nitrogens with one attached hydrogen (secondary N) is 3. The van der Waals surface area contributed by atoms with Crippen LogP contribution in [0.3, 0.4) is 0 Å². The maximum Gasteiger partial charge on any atom is 0.225 e. The monoisotopic (exact) mass is 623 g/mol. The fourth-order valence-corrected chi connectivity index (χ4v) is 8.19. The standard InChI is InChI=1S/C33H47F2N9O/c34-22-5-12-28(27(35)19-22)39-33-40-29-20-37-32(38-24-8-6-23(36)7-9-24)41-30(29)44(33)26-10-3-21(4-11-26)31(45)43-17-13-25(14-18-43)42-15-1-2-16-42/h5,12,19-21,23-26,33,39-40H,1-4,6-11,13-18,36H2,(H,37,38,41). The third-order valence-electron chi connectivity index (χ3n) is 10.8. The predicted octanol–water partition coefficient (Wildman–Crippen LogP) is 4.71. The van der Waals surface area contributed by atoms with E-state index in [4.69, 9.17) is 10.7 Å². The number of anilines is 4. The van der Waals surface area contributed by atoms with E-state index in [0.29, 0.717) is 17.9 Å². The van der Waals surface area contributed by atoms with Crippen LogP contribution in [0.1, 0.15) is 77.0 Å². The Hall–Kier alpha value is -3.25. The Labute approximate surface area is 264 Å². The molecule has 2 aromatic rings. The van der Waals surface area contributed by atoms with E-state index in [2.05, 4.69) is 35.6 Å². The van der Waals surface area contributed by atoms with Gasteiger partial charge in [0.15, 0.2) is 12.1 Å². The van der Waals surface area contributed by atoms with Crippen LogP contribution in [0.25, 0.3) is 0 Å². The van der Waals surface area contributed by atoms with E-state index in [1.54, 1.807) is 6.20 Å². The molecule has 1 unspecified atom stereocenters. The van der Waals surface area contributed by atoms with Gasteiger partial charge in [0.1, 0.15) is 11.6 Å². The highest BCUT2D eigenvalue weighted by Crippen LogP contribution is 2.40. The van der Waals surface area contributed by atoms with Crippen LogP contribution in [0.5, 0.6) is 0 Å². The fraction of sp³-hybridized carbons (Fsp3) is 0.667. The lowest BCUT2D eigenvalue weighted by molar-refractivity contribution is -0.138. The molecule has 7 rings (SSSR count). The molecule has 10 nitrogen and oxygen atoms in total. The van der Waals surface area contributed by atoms with Gasteiger partial charge in [0, 0.05) is 49.2 Å². The second kappa shape index (κ2) is 13.2. The van der Waals surface area contributed by atoms with Crippen molar-refractivity contribution in [3.63, 3.8) is 0 Å². The first-order valence-corrected chi connectivity index (χ1v) is 17.1. The smallest absolute Gasteiger partial charge is 0.225 e. The second-order valence-electron chi connectivity index (χ2n) is 13.7. The maximum absolute atomic E-state index is 14.7. The topological polar surface area (TPSA) is 115 Å². The van der Waals surface area contributed by atoms with E-state index in [1.165, 1.54) is 38.1 Å². The number of amides is 1. The summed E-state index contributed by atoms with van der Waals surface area (Å²) in [5.41, 5.74) is 7.07. The summed E-state index contributed by atoms with van der Waals surface area (Å²) in [6.45, 7) is 4.13. The first kappa shape index (κ1) is 30.4. The summed E-state index contributed by atoms with van der Waals surface area (Å²) >= 11 is 0. The number of fused-ring (bicyclic) bond motifs is 1. The quantitative estimate of drug-likeness (QED) is 0.348. The zero-order chi connectivity index (χ0) is 30.9. The Kier molecular flexibility index (Phi) is 8.94. The van der Waals surface area contributed by atoms with Gasteiger partial charge in [-0.15, -0.1) is 0 Å². The molecular formula is C33H47F2N9O. The van der Waals surface area contributed by atoms with Crippen LogP contribution in [0.15, 0.2) is 24.4 Å². The molecule has 4 heterocycles. The number of carbonyl (C=O) groups is 1. The average molecular weight is 624 g/mol. The molecule has 1 aromatic carbocycles. The summed E-state index contributed by atoms with van der Waals surface area (Å²) in [7, 11) is 0. The van der Waals surface area contributed by atoms with Gasteiger partial charge in [-0.3, -0.25) is 4.79 Å². The Balaban J connectivity index is 1.03. The summed E-state index contributed by atoms with van der Waals surface area (Å²) in [6, 6.07) is 4.80. The Morgan fingerprint density at radius 1 is 0.889 bits per heavy atom. The van der Waals surface area contributed by atoms with Gasteiger partial charge in [0.2, 0.25) is 11.9 Å². The minimum atomic E-state index is -0.653. The SMILES string of the molecule is NC1CCC(Nc2ncc3c(n2)N(C2CCC(C(=O)N4CCC(N5CCCC5)CC4)CC2)C(Nc2ccc(F)cc2F)N3)CC1. The lowest BCUT2D eigenvalue weighted by Gasteiger charge is -2.41. The minimum Gasteiger partial charge on any atom is -0.351 e. The van der Waals surface area contributed by atoms with E-state index in [-0.39, 0.29) is 29.7 Å². The molecule has 0 bridgehead atoms. The first-order valence-electron chi connectivity index (χ1n) is 17.1. The summed E-state index contributed by atoms with van der Waals surface area (Å²) in [5, 5.41) is 10.2. The van der Waals surface area contributed by atoms with Crippen molar-refractivity contribution in [1.29, 1.82) is 0 Å². The zero-order valence-corrected chi connectivity index (χ0v) is 26.1. The number of aromatic nitrogens is 2. The molecule has 45 heavy (non-hydrogen) atoms. The van der Waals surface area contributed by atoms with Gasteiger partial charge in [-0.05, 0) is 102 Å². The lowest BCUT2D eigenvalue weighted by Crippen LogP contribution is -2.51. The normalized spacial score (nSPS) is 29.4. The molecule has 2 saturated carbocycles. The maximum atomic E-state index is 14.7. The van der Waals surface area contributed by atoms with Crippen molar-refractivity contribution in [3.05, 3.63) is 36.0 Å². The summed E-state index contributed by atoms with van der Waals surface area (Å²) in [6.07, 6.45) is 13.2. The summed E-state index contributed by atoms with van der Waals surface area (Å²) in [5.74, 6) is 0.373. The van der Waals surface area contributed by atoms with Crippen LogP contribution in [-0.4, -0.2) is 82.3 Å². The molecule has 12 heteroatoms. The highest BCUT2D eigenvalue weighted by molar-refractivity contribution is 5.79. The fourth-order valence-electron chi connectivity index (χ4n) is 8.19. The molecule has 2 saturated heterocycles. The summed E-state index contributed by atoms with van der Waals surface area (Å²) in [4.78, 5) is 30.0. The summed E-state index contributed by atoms with van der Waals surface area (Å²) < 4.78 is 28.4. The predicted molar refractivity (Wildman–Crippen MR) is 172 cm³/mol. The number of nitrogens with zero attached hydrogens (tertiary/aromatic N) is 5. The van der Waals surface area contributed by atoms with Gasteiger partial charge in [-0.2, -0.15) is 4.98 Å². The molecular weight excluding hydrogens is 576 g/mol. The molecule has 1 aromatic heterocycles. The largest absolute Gasteiger partial charge is 0.351 e. The number of halogens is 2. The van der Waals surface area contributed by atoms with Gasteiger partial charge < -0.3 is 36.4 Å². The van der Waals surface area contributed by atoms with Crippen molar-refractivity contribution < 1.29 is 13.6 Å². The zero-order valence-electron chi connectivity index (χ0n) is 26.1. The third-order valence-corrected chi connectivity index (χ3v) is 10.8. The Morgan fingerprint density at radius 3 is 2.33 bits per heavy atom. The van der Waals surface area contributed by atoms with Crippen LogP contribution >= 0.6 is 0 Å². The van der Waals surface area contributed by atoms with Crippen LogP contribution < -0.4 is 26.6 Å². The molecule has 1 atom stereocenters. The van der Waals surface area contributed by atoms with Crippen molar-refractivity contribution in [2.75, 3.05) is 47.0 Å². The van der Waals surface area contributed by atoms with Crippen molar-refractivity contribution >= 4 is 29.0 Å². The number of likely N-dealkylation sites (tertiary alicyclic amines) is 2. The molecule has 2 aliphatic carbocycles. The molecule has 0 spiro atoms. The second-order valence-corrected chi connectivity index (χ2v) is 13.7. The lowest BCUT2D eigenvalue weighted by atomic mass is 9.84. The molecule has 5 aliphatic rings. The highest BCUT2D eigenvalue weighted by atomic mass is 19.1. The first-order chi connectivity index (χ1) is 21.9. The van der Waals surface area contributed by atoms with E-state index >= 15 is 0 Å². The van der Waals surface area contributed by atoms with Gasteiger partial charge in [0.05, 0.1) is 17.6 Å². The van der Waals surface area contributed by atoms with Crippen molar-refractivity contribution in [3.8, 4) is 0 Å². The van der Waals surface area contributed by atoms with E-state index in [9.17, 15) is 13.6 Å². The molecule has 4 fully saturated rings. The highest BCUT2D eigenvalue weighted by Gasteiger charge is 2.40. The van der Waals surface area contributed by atoms with Crippen LogP contribution in [-0.2, 0) is 4.79 Å². The molecule has 3 aliphatic heterocycles. The number of rotatable bonds is 7. The molecule has 0 radical (unpaired) electrons. The van der Waals surface area contributed by atoms with E-state index in [0.717, 1.165) is 94.9 Å². The number of piperidine rings is 1. The molecule has 5 N–H and O–H groups in total. The molecule has 244 valence electrons. The van der Waals surface area contributed by atoms with Crippen molar-refractivity contribution in [2.45, 2.75) is 108 Å². The average Bonchev–Trinajstić information content (AvgIpc) is 3.72. The van der Waals surface area contributed by atoms with E-state index < -0.39 is 17.9 Å². The third kappa shape index (κ3) is 6.67. The number of carbonyl (C=O) groups excluding carboxylic acids is 1. The number of nitrogens with two attached hydrogens (primary N) is 1. The van der Waals surface area contributed by atoms with Crippen LogP contribution in [0, 0.1) is 17.6 Å². The number of hydrogen-bond acceptors (Lipinski definition) is 9. The number of benzene rings is 1. The van der Waals surface area contributed by atoms with Gasteiger partial charge in [-0.1, -0.05) is 0 Å². The Bertz CT molecular complexity index is 1330. The molecule has 1 amide bonds. The van der Waals surface area contributed by atoms with Crippen LogP contribution in [0.4, 0.5) is 31.9 Å². The van der Waals surface area contributed by atoms with Gasteiger partial charge in [-0.25, -0.2) is 13.8 Å². The van der Waals surface area contributed by atoms with Crippen molar-refractivity contribution in [2.24, 2.45) is 11.7 Å². The minimum absolute atomic E-state index is 0.0286. The van der Waals surface area contributed by atoms with Gasteiger partial charge >= 0.3 is 0 Å². The van der Waals surface area contributed by atoms with Crippen LogP contribution in [0.2, 0.25) is 0 Å².